The zero-order valence-electron chi connectivity index (χ0n) is 10.6. The van der Waals surface area contributed by atoms with Crippen molar-refractivity contribution < 1.29 is 17.9 Å². The molecule has 0 saturated heterocycles. The fraction of sp³-hybridized carbons (Fsp3) is 0.154. The maximum atomic E-state index is 13.5. The zero-order valence-corrected chi connectivity index (χ0v) is 11.4. The summed E-state index contributed by atoms with van der Waals surface area (Å²) in [6.45, 7) is 1.51. The van der Waals surface area contributed by atoms with E-state index in [4.69, 9.17) is 0 Å². The smallest absolute Gasteiger partial charge is 0.282 e. The Labute approximate surface area is 116 Å². The summed E-state index contributed by atoms with van der Waals surface area (Å²) in [5.74, 6) is -0.936. The van der Waals surface area contributed by atoms with Crippen LogP contribution in [-0.4, -0.2) is 18.5 Å². The normalized spacial score (nSPS) is 12.9. The highest BCUT2D eigenvalue weighted by Gasteiger charge is 2.22. The molecule has 0 spiro atoms. The molecule has 0 aliphatic rings. The van der Waals surface area contributed by atoms with Crippen molar-refractivity contribution in [3.8, 4) is 0 Å². The number of rotatable bonds is 4. The predicted molar refractivity (Wildman–Crippen MR) is 72.1 cm³/mol. The Kier molecular flexibility index (Phi) is 4.01. The fourth-order valence-electron chi connectivity index (χ4n) is 1.72. The van der Waals surface area contributed by atoms with E-state index in [2.05, 4.69) is 9.71 Å². The van der Waals surface area contributed by atoms with Crippen LogP contribution >= 0.6 is 0 Å². The number of anilines is 1. The van der Waals surface area contributed by atoms with Crippen molar-refractivity contribution in [3.05, 3.63) is 54.0 Å². The van der Waals surface area contributed by atoms with Crippen molar-refractivity contribution >= 4 is 15.7 Å². The van der Waals surface area contributed by atoms with Crippen molar-refractivity contribution in [1.82, 2.24) is 4.98 Å². The Bertz CT molecular complexity index is 717. The van der Waals surface area contributed by atoms with Gasteiger partial charge in [0.2, 0.25) is 5.03 Å². The molecule has 106 valence electrons. The zero-order chi connectivity index (χ0) is 14.8. The summed E-state index contributed by atoms with van der Waals surface area (Å²) >= 11 is 0. The maximum absolute atomic E-state index is 13.5. The number of para-hydroxylation sites is 1. The van der Waals surface area contributed by atoms with Gasteiger partial charge in [-0.25, -0.2) is 9.37 Å². The van der Waals surface area contributed by atoms with Crippen LogP contribution in [0.3, 0.4) is 0 Å². The van der Waals surface area contributed by atoms with Crippen LogP contribution in [0, 0.1) is 5.82 Å². The van der Waals surface area contributed by atoms with Crippen molar-refractivity contribution in [3.63, 3.8) is 0 Å². The predicted octanol–water partition coefficient (Wildman–Crippen LogP) is 2.07. The number of benzene rings is 1. The highest BCUT2D eigenvalue weighted by Crippen LogP contribution is 2.25. The fourth-order valence-corrected chi connectivity index (χ4v) is 2.81. The third-order valence-electron chi connectivity index (χ3n) is 2.63. The first-order valence-corrected chi connectivity index (χ1v) is 7.30. The van der Waals surface area contributed by atoms with Gasteiger partial charge in [0.1, 0.15) is 0 Å². The molecule has 0 radical (unpaired) electrons. The number of aliphatic hydroxyl groups excluding tert-OH is 1. The van der Waals surface area contributed by atoms with Crippen LogP contribution in [0.2, 0.25) is 0 Å². The summed E-state index contributed by atoms with van der Waals surface area (Å²) < 4.78 is 40.0. The van der Waals surface area contributed by atoms with Gasteiger partial charge >= 0.3 is 0 Å². The van der Waals surface area contributed by atoms with Crippen molar-refractivity contribution in [1.29, 1.82) is 0 Å². The van der Waals surface area contributed by atoms with Gasteiger partial charge in [-0.15, -0.1) is 0 Å². The monoisotopic (exact) mass is 296 g/mol. The first-order chi connectivity index (χ1) is 9.42. The third kappa shape index (κ3) is 2.94. The number of sulfonamides is 1. The van der Waals surface area contributed by atoms with Crippen molar-refractivity contribution in [2.24, 2.45) is 0 Å². The number of nitrogens with one attached hydrogen (secondary N) is 1. The Morgan fingerprint density at radius 3 is 2.60 bits per heavy atom. The minimum atomic E-state index is -4.15. The second-order valence-electron chi connectivity index (χ2n) is 4.16. The van der Waals surface area contributed by atoms with Gasteiger partial charge in [0.25, 0.3) is 10.0 Å². The van der Waals surface area contributed by atoms with Crippen LogP contribution in [0.15, 0.2) is 47.6 Å². The molecule has 1 heterocycles. The van der Waals surface area contributed by atoms with Crippen LogP contribution in [0.5, 0.6) is 0 Å². The first-order valence-electron chi connectivity index (χ1n) is 5.82. The van der Waals surface area contributed by atoms with Crippen LogP contribution in [0.25, 0.3) is 0 Å². The molecule has 1 atom stereocenters. The third-order valence-corrected chi connectivity index (χ3v) is 3.93. The average Bonchev–Trinajstić information content (AvgIpc) is 2.39. The lowest BCUT2D eigenvalue weighted by atomic mass is 10.1. The van der Waals surface area contributed by atoms with Crippen LogP contribution < -0.4 is 4.72 Å². The molecule has 0 fully saturated rings. The maximum Gasteiger partial charge on any atom is 0.282 e. The minimum Gasteiger partial charge on any atom is -0.389 e. The topological polar surface area (TPSA) is 79.3 Å². The van der Waals surface area contributed by atoms with Gasteiger partial charge in [0.05, 0.1) is 11.8 Å². The van der Waals surface area contributed by atoms with Gasteiger partial charge in [0, 0.05) is 11.8 Å². The number of hydrogen-bond acceptors (Lipinski definition) is 4. The van der Waals surface area contributed by atoms with Crippen LogP contribution in [-0.2, 0) is 10.0 Å². The summed E-state index contributed by atoms with van der Waals surface area (Å²) in [4.78, 5) is 3.53. The van der Waals surface area contributed by atoms with Gasteiger partial charge in [-0.3, -0.25) is 4.72 Å². The molecular formula is C13H13FN2O3S. The van der Waals surface area contributed by atoms with Gasteiger partial charge in [0.15, 0.2) is 5.82 Å². The molecule has 1 aromatic heterocycles. The van der Waals surface area contributed by atoms with E-state index in [0.717, 1.165) is 6.07 Å². The molecule has 0 aliphatic heterocycles. The standard InChI is InChI=1S/C13H13FN2O3S/c1-9(17)10-5-2-3-7-12(10)16-20(18,19)13-11(14)6-4-8-15-13/h2-9,16-17H,1H3. The number of pyridine rings is 1. The SMILES string of the molecule is CC(O)c1ccccc1NS(=O)(=O)c1ncccc1F. The number of nitrogens with zero attached hydrogens (tertiary/aromatic N) is 1. The molecule has 5 nitrogen and oxygen atoms in total. The molecule has 0 saturated carbocycles. The Balaban J connectivity index is 2.42. The largest absolute Gasteiger partial charge is 0.389 e. The van der Waals surface area contributed by atoms with Crippen LogP contribution in [0.4, 0.5) is 10.1 Å². The van der Waals surface area contributed by atoms with E-state index >= 15 is 0 Å². The number of aliphatic hydroxyl groups is 1. The van der Waals surface area contributed by atoms with Gasteiger partial charge in [-0.2, -0.15) is 8.42 Å². The van der Waals surface area contributed by atoms with E-state index < -0.39 is 27.0 Å². The van der Waals surface area contributed by atoms with E-state index in [1.54, 1.807) is 18.2 Å². The number of halogens is 1. The average molecular weight is 296 g/mol. The van der Waals surface area contributed by atoms with Gasteiger partial charge in [-0.1, -0.05) is 18.2 Å². The molecule has 0 aliphatic carbocycles. The lowest BCUT2D eigenvalue weighted by Gasteiger charge is -2.14. The van der Waals surface area contributed by atoms with Gasteiger partial charge < -0.3 is 5.11 Å². The molecule has 1 aromatic carbocycles. The number of aromatic nitrogens is 1. The second-order valence-corrected chi connectivity index (χ2v) is 5.76. The molecule has 7 heteroatoms. The highest BCUT2D eigenvalue weighted by atomic mass is 32.2. The number of hydrogen-bond donors (Lipinski definition) is 2. The van der Waals surface area contributed by atoms with Crippen molar-refractivity contribution in [2.45, 2.75) is 18.1 Å². The molecule has 20 heavy (non-hydrogen) atoms. The summed E-state index contributed by atoms with van der Waals surface area (Å²) in [5.41, 5.74) is 0.583. The highest BCUT2D eigenvalue weighted by molar-refractivity contribution is 7.92. The molecule has 0 bridgehead atoms. The molecule has 0 amide bonds. The van der Waals surface area contributed by atoms with Gasteiger partial charge in [-0.05, 0) is 25.1 Å². The van der Waals surface area contributed by atoms with E-state index in [-0.39, 0.29) is 5.69 Å². The van der Waals surface area contributed by atoms with Crippen molar-refractivity contribution in [2.75, 3.05) is 4.72 Å². The Morgan fingerprint density at radius 2 is 1.95 bits per heavy atom. The lowest BCUT2D eigenvalue weighted by molar-refractivity contribution is 0.200. The van der Waals surface area contributed by atoms with E-state index in [0.29, 0.717) is 5.56 Å². The summed E-state index contributed by atoms with van der Waals surface area (Å²) in [6.07, 6.45) is 0.334. The Morgan fingerprint density at radius 1 is 1.25 bits per heavy atom. The van der Waals surface area contributed by atoms with Crippen LogP contribution in [0.1, 0.15) is 18.6 Å². The summed E-state index contributed by atoms with van der Waals surface area (Å²) in [6, 6.07) is 8.66. The lowest BCUT2D eigenvalue weighted by Crippen LogP contribution is -2.17. The summed E-state index contributed by atoms with van der Waals surface area (Å²) in [7, 11) is -4.15. The van der Waals surface area contributed by atoms with E-state index in [9.17, 15) is 17.9 Å². The molecule has 1 unspecified atom stereocenters. The molecule has 2 aromatic rings. The first kappa shape index (κ1) is 14.4. The molecule has 2 rings (SSSR count). The second kappa shape index (κ2) is 5.56. The molecule has 2 N–H and O–H groups in total. The van der Waals surface area contributed by atoms with E-state index in [1.807, 2.05) is 0 Å². The van der Waals surface area contributed by atoms with E-state index in [1.165, 1.54) is 25.3 Å². The summed E-state index contributed by atoms with van der Waals surface area (Å²) in [5, 5.41) is 8.92. The quantitative estimate of drug-likeness (QED) is 0.905. The molecular weight excluding hydrogens is 283 g/mol. The minimum absolute atomic E-state index is 0.188. The Hall–Kier alpha value is -1.99.